The third-order valence-electron chi connectivity index (χ3n) is 5.05. The number of carbonyl (C=O) groups excluding carboxylic acids is 1. The van der Waals surface area contributed by atoms with Gasteiger partial charge in [0, 0.05) is 10.6 Å². The minimum Gasteiger partial charge on any atom is -0.481 e. The fraction of sp³-hybridized carbons (Fsp3) is 0.167. The third-order valence-corrected chi connectivity index (χ3v) is 5.29. The average molecular weight is 422 g/mol. The molecule has 0 radical (unpaired) electrons. The van der Waals surface area contributed by atoms with E-state index in [4.69, 9.17) is 16.3 Å². The number of anilines is 1. The van der Waals surface area contributed by atoms with Crippen molar-refractivity contribution in [2.24, 2.45) is 0 Å². The van der Waals surface area contributed by atoms with Gasteiger partial charge in [-0.15, -0.1) is 0 Å². The van der Waals surface area contributed by atoms with Gasteiger partial charge in [-0.25, -0.2) is 0 Å². The molecule has 1 amide bonds. The Hall–Kier alpha value is -3.15. The van der Waals surface area contributed by atoms with Crippen molar-refractivity contribution in [2.45, 2.75) is 25.2 Å². The van der Waals surface area contributed by atoms with Gasteiger partial charge < -0.3 is 14.7 Å². The van der Waals surface area contributed by atoms with Crippen LogP contribution in [0.1, 0.15) is 29.2 Å². The van der Waals surface area contributed by atoms with E-state index in [0.29, 0.717) is 17.3 Å². The van der Waals surface area contributed by atoms with Gasteiger partial charge in [0.05, 0.1) is 18.7 Å². The highest BCUT2D eigenvalue weighted by Crippen LogP contribution is 2.40. The van der Waals surface area contributed by atoms with E-state index in [1.165, 1.54) is 0 Å². The lowest BCUT2D eigenvalue weighted by atomic mass is 9.99. The van der Waals surface area contributed by atoms with Gasteiger partial charge in [0.15, 0.2) is 0 Å². The molecule has 0 fully saturated rings. The molecule has 0 unspecified atom stereocenters. The molecule has 5 nitrogen and oxygen atoms in total. The lowest BCUT2D eigenvalue weighted by Gasteiger charge is -2.25. The molecule has 2 atom stereocenters. The van der Waals surface area contributed by atoms with Crippen LogP contribution in [0.25, 0.3) is 0 Å². The van der Waals surface area contributed by atoms with E-state index in [-0.39, 0.29) is 5.91 Å². The number of halogens is 1. The van der Waals surface area contributed by atoms with E-state index in [9.17, 15) is 14.7 Å². The summed E-state index contributed by atoms with van der Waals surface area (Å²) in [6, 6.07) is 24.3. The molecular formula is C24H20ClNO4. The Morgan fingerprint density at radius 1 is 1.00 bits per heavy atom. The summed E-state index contributed by atoms with van der Waals surface area (Å²) in [5.74, 6) is -1.48. The zero-order valence-corrected chi connectivity index (χ0v) is 16.8. The summed E-state index contributed by atoms with van der Waals surface area (Å²) >= 11 is 6.29. The molecule has 3 aromatic carbocycles. The zero-order chi connectivity index (χ0) is 21.1. The standard InChI is InChI=1S/C24H20ClNO4/c25-18-11-12-20-19(13-18)23(17-9-5-2-6-10-17)30-21(14-22(27)28)24(29)26(20)15-16-7-3-1-4-8-16/h1-13,21,23H,14-15H2,(H,27,28)/t21-,23-/m0/s1. The molecule has 6 heteroatoms. The summed E-state index contributed by atoms with van der Waals surface area (Å²) in [5.41, 5.74) is 3.14. The maximum atomic E-state index is 13.4. The van der Waals surface area contributed by atoms with Crippen LogP contribution in [0.5, 0.6) is 0 Å². The molecule has 0 saturated heterocycles. The summed E-state index contributed by atoms with van der Waals surface area (Å²) in [4.78, 5) is 26.5. The van der Waals surface area contributed by atoms with Crippen LogP contribution < -0.4 is 4.90 Å². The Morgan fingerprint density at radius 3 is 2.33 bits per heavy atom. The molecule has 30 heavy (non-hydrogen) atoms. The zero-order valence-electron chi connectivity index (χ0n) is 16.1. The molecule has 0 saturated carbocycles. The molecule has 3 aromatic rings. The first kappa shape index (κ1) is 20.1. The maximum absolute atomic E-state index is 13.4. The predicted molar refractivity (Wildman–Crippen MR) is 114 cm³/mol. The second kappa shape index (κ2) is 8.69. The number of hydrogen-bond acceptors (Lipinski definition) is 3. The highest BCUT2D eigenvalue weighted by molar-refractivity contribution is 6.30. The molecule has 0 bridgehead atoms. The number of carboxylic acids is 1. The van der Waals surface area contributed by atoms with Gasteiger partial charge in [-0.1, -0.05) is 72.3 Å². The molecule has 0 aliphatic carbocycles. The molecule has 1 aliphatic rings. The molecule has 0 spiro atoms. The minimum atomic E-state index is -1.12. The monoisotopic (exact) mass is 421 g/mol. The van der Waals surface area contributed by atoms with Crippen LogP contribution in [0.3, 0.4) is 0 Å². The minimum absolute atomic E-state index is 0.301. The van der Waals surface area contributed by atoms with Crippen molar-refractivity contribution in [3.63, 3.8) is 0 Å². The fourth-order valence-electron chi connectivity index (χ4n) is 3.68. The highest BCUT2D eigenvalue weighted by Gasteiger charge is 2.37. The lowest BCUT2D eigenvalue weighted by molar-refractivity contribution is -0.146. The Balaban J connectivity index is 1.85. The van der Waals surface area contributed by atoms with E-state index < -0.39 is 24.6 Å². The topological polar surface area (TPSA) is 66.8 Å². The van der Waals surface area contributed by atoms with Crippen molar-refractivity contribution in [1.29, 1.82) is 0 Å². The first-order valence-corrected chi connectivity index (χ1v) is 9.97. The predicted octanol–water partition coefficient (Wildman–Crippen LogP) is 4.84. The first-order chi connectivity index (χ1) is 14.5. The van der Waals surface area contributed by atoms with Crippen LogP contribution in [0, 0.1) is 0 Å². The summed E-state index contributed by atoms with van der Waals surface area (Å²) in [7, 11) is 0. The number of rotatable bonds is 5. The van der Waals surface area contributed by atoms with E-state index in [1.807, 2.05) is 60.7 Å². The van der Waals surface area contributed by atoms with Gasteiger partial charge in [-0.2, -0.15) is 0 Å². The van der Waals surface area contributed by atoms with Crippen molar-refractivity contribution in [2.75, 3.05) is 4.90 Å². The molecule has 1 N–H and O–H groups in total. The second-order valence-corrected chi connectivity index (χ2v) is 7.56. The highest BCUT2D eigenvalue weighted by atomic mass is 35.5. The molecule has 4 rings (SSSR count). The number of amides is 1. The summed E-state index contributed by atoms with van der Waals surface area (Å²) < 4.78 is 6.14. The van der Waals surface area contributed by atoms with Crippen molar-refractivity contribution < 1.29 is 19.4 Å². The van der Waals surface area contributed by atoms with Gasteiger partial charge in [0.2, 0.25) is 0 Å². The van der Waals surface area contributed by atoms with Crippen LogP contribution >= 0.6 is 11.6 Å². The number of carbonyl (C=O) groups is 2. The van der Waals surface area contributed by atoms with Gasteiger partial charge in [-0.05, 0) is 29.3 Å². The SMILES string of the molecule is O=C(O)C[C@@H]1O[C@@H](c2ccccc2)c2cc(Cl)ccc2N(Cc2ccccc2)C1=O. The van der Waals surface area contributed by atoms with Gasteiger partial charge >= 0.3 is 5.97 Å². The normalized spacial score (nSPS) is 18.6. The van der Waals surface area contributed by atoms with E-state index in [1.54, 1.807) is 23.1 Å². The summed E-state index contributed by atoms with van der Waals surface area (Å²) in [6.45, 7) is 0.301. The van der Waals surface area contributed by atoms with Crippen molar-refractivity contribution in [3.05, 3.63) is 101 Å². The largest absolute Gasteiger partial charge is 0.481 e. The van der Waals surface area contributed by atoms with Gasteiger partial charge in [0.25, 0.3) is 5.91 Å². The fourth-order valence-corrected chi connectivity index (χ4v) is 3.86. The third kappa shape index (κ3) is 4.22. The average Bonchev–Trinajstić information content (AvgIpc) is 2.85. The Morgan fingerprint density at radius 2 is 1.67 bits per heavy atom. The molecular weight excluding hydrogens is 402 g/mol. The lowest BCUT2D eigenvalue weighted by Crippen LogP contribution is -2.40. The van der Waals surface area contributed by atoms with Crippen molar-refractivity contribution in [1.82, 2.24) is 0 Å². The second-order valence-electron chi connectivity index (χ2n) is 7.13. The van der Waals surface area contributed by atoms with Crippen molar-refractivity contribution >= 4 is 29.2 Å². The Bertz CT molecular complexity index is 1060. The van der Waals surface area contributed by atoms with E-state index in [2.05, 4.69) is 0 Å². The number of carboxylic acid groups (broad SMARTS) is 1. The Labute approximate surface area is 179 Å². The maximum Gasteiger partial charge on any atom is 0.306 e. The van der Waals surface area contributed by atoms with Crippen LogP contribution in [-0.4, -0.2) is 23.1 Å². The van der Waals surface area contributed by atoms with Gasteiger partial charge in [-0.3, -0.25) is 9.59 Å². The van der Waals surface area contributed by atoms with Gasteiger partial charge in [0.1, 0.15) is 12.2 Å². The smallest absolute Gasteiger partial charge is 0.306 e. The van der Waals surface area contributed by atoms with Crippen LogP contribution in [0.2, 0.25) is 5.02 Å². The Kier molecular flexibility index (Phi) is 5.84. The number of benzene rings is 3. The first-order valence-electron chi connectivity index (χ1n) is 9.60. The molecule has 0 aromatic heterocycles. The van der Waals surface area contributed by atoms with E-state index in [0.717, 1.165) is 16.7 Å². The summed E-state index contributed by atoms with van der Waals surface area (Å²) in [5, 5.41) is 9.91. The summed E-state index contributed by atoms with van der Waals surface area (Å²) in [6.07, 6.45) is -2.16. The number of ether oxygens (including phenoxy) is 1. The van der Waals surface area contributed by atoms with Crippen LogP contribution in [0.4, 0.5) is 5.69 Å². The quantitative estimate of drug-likeness (QED) is 0.640. The van der Waals surface area contributed by atoms with Crippen LogP contribution in [-0.2, 0) is 20.9 Å². The number of aliphatic carboxylic acids is 1. The molecule has 1 aliphatic heterocycles. The van der Waals surface area contributed by atoms with E-state index >= 15 is 0 Å². The molecule has 1 heterocycles. The molecule has 152 valence electrons. The van der Waals surface area contributed by atoms with Crippen molar-refractivity contribution in [3.8, 4) is 0 Å². The number of fused-ring (bicyclic) bond motifs is 1. The number of nitrogens with zero attached hydrogens (tertiary/aromatic N) is 1. The number of hydrogen-bond donors (Lipinski definition) is 1. The van der Waals surface area contributed by atoms with Crippen LogP contribution in [0.15, 0.2) is 78.9 Å².